The Morgan fingerprint density at radius 2 is 1.86 bits per heavy atom. The molecule has 5 heterocycles. The highest BCUT2D eigenvalue weighted by Crippen LogP contribution is 2.44. The number of aryl methyl sites for hydroxylation is 2. The van der Waals surface area contributed by atoms with E-state index in [4.69, 9.17) is 4.52 Å². The number of piperidine rings is 1. The Bertz CT molecular complexity index is 1000. The van der Waals surface area contributed by atoms with Gasteiger partial charge in [0.25, 0.3) is 5.91 Å². The summed E-state index contributed by atoms with van der Waals surface area (Å²) in [6, 6.07) is 4.21. The van der Waals surface area contributed by atoms with Gasteiger partial charge < -0.3 is 9.42 Å². The lowest BCUT2D eigenvalue weighted by Crippen LogP contribution is -2.46. The van der Waals surface area contributed by atoms with Gasteiger partial charge >= 0.3 is 0 Å². The van der Waals surface area contributed by atoms with Crippen LogP contribution in [0.25, 0.3) is 11.4 Å². The molecule has 1 amide bonds. The van der Waals surface area contributed by atoms with Crippen LogP contribution in [0.2, 0.25) is 0 Å². The highest BCUT2D eigenvalue weighted by Gasteiger charge is 2.45. The summed E-state index contributed by atoms with van der Waals surface area (Å²) in [5, 5.41) is 5.09. The summed E-state index contributed by atoms with van der Waals surface area (Å²) in [6.45, 7) is 3.87. The molecule has 5 rings (SSSR count). The fraction of sp³-hybridized carbons (Fsp3) is 0.450. The van der Waals surface area contributed by atoms with Gasteiger partial charge in [-0.3, -0.25) is 9.78 Å². The largest absolute Gasteiger partial charge is 0.339 e. The van der Waals surface area contributed by atoms with E-state index >= 15 is 0 Å². The average Bonchev–Trinajstić information content (AvgIpc) is 3.38. The molecule has 28 heavy (non-hydrogen) atoms. The number of amides is 1. The molecule has 2 bridgehead atoms. The van der Waals surface area contributed by atoms with Crippen LogP contribution >= 0.6 is 11.3 Å². The van der Waals surface area contributed by atoms with Gasteiger partial charge in [0.05, 0.1) is 10.7 Å². The van der Waals surface area contributed by atoms with E-state index in [9.17, 15) is 4.79 Å². The summed E-state index contributed by atoms with van der Waals surface area (Å²) in [5.41, 5.74) is 1.74. The molecule has 2 atom stereocenters. The lowest BCUT2D eigenvalue weighted by molar-refractivity contribution is 0.0559. The van der Waals surface area contributed by atoms with Crippen molar-refractivity contribution >= 4 is 17.2 Å². The predicted octanol–water partition coefficient (Wildman–Crippen LogP) is 3.76. The maximum absolute atomic E-state index is 13.2. The van der Waals surface area contributed by atoms with E-state index in [1.165, 1.54) is 11.3 Å². The summed E-state index contributed by atoms with van der Waals surface area (Å²) < 4.78 is 5.59. The van der Waals surface area contributed by atoms with Gasteiger partial charge in [0.15, 0.2) is 0 Å². The second-order valence-electron chi connectivity index (χ2n) is 7.61. The first-order chi connectivity index (χ1) is 13.6. The van der Waals surface area contributed by atoms with Crippen molar-refractivity contribution in [3.63, 3.8) is 0 Å². The Morgan fingerprint density at radius 1 is 1.14 bits per heavy atom. The van der Waals surface area contributed by atoms with Crippen LogP contribution < -0.4 is 0 Å². The lowest BCUT2D eigenvalue weighted by Gasteiger charge is -2.37. The number of fused-ring (bicyclic) bond motifs is 2. The maximum atomic E-state index is 13.2. The number of hydrogen-bond acceptors (Lipinski definition) is 7. The van der Waals surface area contributed by atoms with Crippen molar-refractivity contribution in [3.05, 3.63) is 46.0 Å². The molecule has 2 unspecified atom stereocenters. The van der Waals surface area contributed by atoms with Crippen LogP contribution in [0.4, 0.5) is 0 Å². The SMILES string of the molecule is Cc1nc(C)c(C(=O)N2C3CCC2CC(c2nc(-c4ccncc4)no2)C3)s1. The summed E-state index contributed by atoms with van der Waals surface area (Å²) in [4.78, 5) is 29.1. The van der Waals surface area contributed by atoms with Gasteiger partial charge in [0.1, 0.15) is 4.88 Å². The number of nitrogens with zero attached hydrogens (tertiary/aromatic N) is 5. The van der Waals surface area contributed by atoms with E-state index in [2.05, 4.69) is 25.0 Å². The van der Waals surface area contributed by atoms with Crippen molar-refractivity contribution in [2.75, 3.05) is 0 Å². The summed E-state index contributed by atoms with van der Waals surface area (Å²) in [7, 11) is 0. The first-order valence-corrected chi connectivity index (χ1v) is 10.4. The monoisotopic (exact) mass is 395 g/mol. The minimum atomic E-state index is 0.136. The average molecular weight is 395 g/mol. The van der Waals surface area contributed by atoms with Crippen molar-refractivity contribution in [2.45, 2.75) is 57.5 Å². The predicted molar refractivity (Wildman–Crippen MR) is 104 cm³/mol. The standard InChI is InChI=1S/C20H21N5O2S/c1-11-17(28-12(2)22-11)20(26)25-15-3-4-16(25)10-14(9-15)19-23-18(24-27-19)13-5-7-21-8-6-13/h5-8,14-16H,3-4,9-10H2,1-2H3. The normalized spacial score (nSPS) is 23.9. The number of carbonyl (C=O) groups is 1. The quantitative estimate of drug-likeness (QED) is 0.671. The highest BCUT2D eigenvalue weighted by atomic mass is 32.1. The smallest absolute Gasteiger partial charge is 0.266 e. The minimum absolute atomic E-state index is 0.136. The second kappa shape index (κ2) is 6.77. The summed E-state index contributed by atoms with van der Waals surface area (Å²) >= 11 is 1.50. The topological polar surface area (TPSA) is 85.0 Å². The number of pyridine rings is 1. The zero-order valence-corrected chi connectivity index (χ0v) is 16.6. The molecule has 0 aromatic carbocycles. The van der Waals surface area contributed by atoms with Crippen molar-refractivity contribution in [2.24, 2.45) is 0 Å². The molecule has 8 heteroatoms. The number of aromatic nitrogens is 4. The minimum Gasteiger partial charge on any atom is -0.339 e. The van der Waals surface area contributed by atoms with Crippen LogP contribution in [-0.4, -0.2) is 43.0 Å². The first kappa shape index (κ1) is 17.5. The van der Waals surface area contributed by atoms with Crippen LogP contribution in [0.15, 0.2) is 29.0 Å². The molecule has 0 spiro atoms. The molecule has 7 nitrogen and oxygen atoms in total. The summed E-state index contributed by atoms with van der Waals surface area (Å²) in [6.07, 6.45) is 7.26. The van der Waals surface area contributed by atoms with Crippen molar-refractivity contribution < 1.29 is 9.32 Å². The molecule has 2 fully saturated rings. The van der Waals surface area contributed by atoms with E-state index in [1.54, 1.807) is 12.4 Å². The van der Waals surface area contributed by atoms with Crippen LogP contribution in [0, 0.1) is 13.8 Å². The van der Waals surface area contributed by atoms with Crippen molar-refractivity contribution in [3.8, 4) is 11.4 Å². The van der Waals surface area contributed by atoms with Gasteiger partial charge in [0, 0.05) is 36.0 Å². The molecule has 3 aromatic heterocycles. The Hall–Kier alpha value is -2.61. The molecule has 0 saturated carbocycles. The van der Waals surface area contributed by atoms with E-state index in [1.807, 2.05) is 26.0 Å². The van der Waals surface area contributed by atoms with Gasteiger partial charge in [-0.1, -0.05) is 5.16 Å². The van der Waals surface area contributed by atoms with E-state index in [0.29, 0.717) is 11.7 Å². The number of rotatable bonds is 3. The van der Waals surface area contributed by atoms with Gasteiger partial charge in [-0.15, -0.1) is 11.3 Å². The zero-order chi connectivity index (χ0) is 19.3. The van der Waals surface area contributed by atoms with Gasteiger partial charge in [-0.2, -0.15) is 4.98 Å². The Morgan fingerprint density at radius 3 is 2.50 bits per heavy atom. The summed E-state index contributed by atoms with van der Waals surface area (Å²) in [5.74, 6) is 1.62. The van der Waals surface area contributed by atoms with Crippen molar-refractivity contribution in [1.29, 1.82) is 0 Å². The lowest BCUT2D eigenvalue weighted by atomic mass is 9.90. The molecule has 0 N–H and O–H groups in total. The first-order valence-electron chi connectivity index (χ1n) is 9.61. The van der Waals surface area contributed by atoms with Gasteiger partial charge in [-0.05, 0) is 51.7 Å². The van der Waals surface area contributed by atoms with E-state index in [0.717, 1.165) is 46.8 Å². The number of thiazole rings is 1. The third kappa shape index (κ3) is 2.92. The number of hydrogen-bond donors (Lipinski definition) is 0. The molecule has 2 saturated heterocycles. The van der Waals surface area contributed by atoms with Crippen LogP contribution in [0.1, 0.15) is 57.9 Å². The fourth-order valence-electron chi connectivity index (χ4n) is 4.58. The fourth-order valence-corrected chi connectivity index (χ4v) is 5.44. The molecule has 0 aliphatic carbocycles. The molecule has 2 aliphatic rings. The maximum Gasteiger partial charge on any atom is 0.266 e. The van der Waals surface area contributed by atoms with Crippen LogP contribution in [-0.2, 0) is 0 Å². The number of carbonyl (C=O) groups excluding carboxylic acids is 1. The molecule has 2 aliphatic heterocycles. The Balaban J connectivity index is 1.35. The van der Waals surface area contributed by atoms with Gasteiger partial charge in [-0.25, -0.2) is 4.98 Å². The highest BCUT2D eigenvalue weighted by molar-refractivity contribution is 7.13. The third-order valence-corrected chi connectivity index (χ3v) is 6.86. The second-order valence-corrected chi connectivity index (χ2v) is 8.81. The molecule has 0 radical (unpaired) electrons. The third-order valence-electron chi connectivity index (χ3n) is 5.79. The Labute approximate surface area is 166 Å². The van der Waals surface area contributed by atoms with Gasteiger partial charge in [0.2, 0.25) is 11.7 Å². The van der Waals surface area contributed by atoms with E-state index < -0.39 is 0 Å². The van der Waals surface area contributed by atoms with E-state index in [-0.39, 0.29) is 23.9 Å². The van der Waals surface area contributed by atoms with Crippen molar-refractivity contribution in [1.82, 2.24) is 25.0 Å². The molecule has 144 valence electrons. The molecular formula is C20H21N5O2S. The Kier molecular flexibility index (Phi) is 4.23. The zero-order valence-electron chi connectivity index (χ0n) is 15.8. The van der Waals surface area contributed by atoms with Crippen LogP contribution in [0.3, 0.4) is 0 Å². The van der Waals surface area contributed by atoms with Crippen LogP contribution in [0.5, 0.6) is 0 Å². The molecule has 3 aromatic rings. The molecular weight excluding hydrogens is 374 g/mol.